The van der Waals surface area contributed by atoms with Gasteiger partial charge in [-0.3, -0.25) is 4.79 Å². The molecule has 0 aromatic heterocycles. The van der Waals surface area contributed by atoms with Crippen LogP contribution in [0.4, 0.5) is 0 Å². The summed E-state index contributed by atoms with van der Waals surface area (Å²) in [5.41, 5.74) is 7.79. The highest BCUT2D eigenvalue weighted by Gasteiger charge is 2.15. The van der Waals surface area contributed by atoms with E-state index in [0.717, 1.165) is 37.0 Å². The number of hydrogen-bond donors (Lipinski definition) is 2. The van der Waals surface area contributed by atoms with Gasteiger partial charge in [-0.25, -0.2) is 0 Å². The third kappa shape index (κ3) is 4.94. The average molecular weight is 276 g/mol. The highest BCUT2D eigenvalue weighted by molar-refractivity contribution is 5.75. The molecule has 1 aromatic rings. The van der Waals surface area contributed by atoms with Gasteiger partial charge >= 0.3 is 0 Å². The number of nitrogens with one attached hydrogen (secondary N) is 1. The van der Waals surface area contributed by atoms with Crippen LogP contribution in [0.3, 0.4) is 0 Å². The summed E-state index contributed by atoms with van der Waals surface area (Å²) >= 11 is 0. The largest absolute Gasteiger partial charge is 0.378 e. The van der Waals surface area contributed by atoms with Crippen molar-refractivity contribution in [1.29, 1.82) is 0 Å². The molecule has 1 saturated heterocycles. The Morgan fingerprint density at radius 2 is 2.20 bits per heavy atom. The third-order valence-electron chi connectivity index (χ3n) is 3.68. The molecule has 1 atom stereocenters. The Labute approximate surface area is 120 Å². The SMILES string of the molecule is NCc1cccc(CNC(=O)CCC2CCCCO2)c1. The second kappa shape index (κ2) is 8.02. The minimum Gasteiger partial charge on any atom is -0.378 e. The van der Waals surface area contributed by atoms with Crippen molar-refractivity contribution in [3.8, 4) is 0 Å². The smallest absolute Gasteiger partial charge is 0.220 e. The van der Waals surface area contributed by atoms with Crippen LogP contribution in [0.1, 0.15) is 43.2 Å². The van der Waals surface area contributed by atoms with Gasteiger partial charge in [0, 0.05) is 26.1 Å². The maximum Gasteiger partial charge on any atom is 0.220 e. The molecule has 1 aliphatic heterocycles. The molecule has 1 aliphatic rings. The zero-order chi connectivity index (χ0) is 14.2. The van der Waals surface area contributed by atoms with Crippen LogP contribution in [-0.2, 0) is 22.6 Å². The summed E-state index contributed by atoms with van der Waals surface area (Å²) in [6.45, 7) is 1.94. The number of ether oxygens (including phenoxy) is 1. The molecule has 2 rings (SSSR count). The Hall–Kier alpha value is -1.39. The van der Waals surface area contributed by atoms with Crippen LogP contribution in [-0.4, -0.2) is 18.6 Å². The summed E-state index contributed by atoms with van der Waals surface area (Å²) in [6.07, 6.45) is 5.11. The summed E-state index contributed by atoms with van der Waals surface area (Å²) in [5, 5.41) is 2.95. The molecule has 3 N–H and O–H groups in total. The van der Waals surface area contributed by atoms with E-state index in [1.54, 1.807) is 0 Å². The first-order valence-electron chi connectivity index (χ1n) is 7.44. The van der Waals surface area contributed by atoms with Gasteiger partial charge in [0.15, 0.2) is 0 Å². The standard InChI is InChI=1S/C16H24N2O2/c17-11-13-4-3-5-14(10-13)12-18-16(19)8-7-15-6-1-2-9-20-15/h3-5,10,15H,1-2,6-9,11-12,17H2,(H,18,19). The molecule has 1 heterocycles. The summed E-state index contributed by atoms with van der Waals surface area (Å²) in [6, 6.07) is 8.00. The lowest BCUT2D eigenvalue weighted by Crippen LogP contribution is -2.26. The third-order valence-corrected chi connectivity index (χ3v) is 3.68. The predicted octanol–water partition coefficient (Wildman–Crippen LogP) is 2.11. The Kier molecular flexibility index (Phi) is 6.02. The summed E-state index contributed by atoms with van der Waals surface area (Å²) in [5.74, 6) is 0.0947. The zero-order valence-electron chi connectivity index (χ0n) is 11.9. The van der Waals surface area contributed by atoms with Crippen molar-refractivity contribution in [2.24, 2.45) is 5.73 Å². The van der Waals surface area contributed by atoms with E-state index in [1.807, 2.05) is 24.3 Å². The molecule has 4 nitrogen and oxygen atoms in total. The van der Waals surface area contributed by atoms with E-state index in [-0.39, 0.29) is 12.0 Å². The molecule has 1 unspecified atom stereocenters. The van der Waals surface area contributed by atoms with Crippen LogP contribution >= 0.6 is 0 Å². The molecular weight excluding hydrogens is 252 g/mol. The van der Waals surface area contributed by atoms with E-state index >= 15 is 0 Å². The Balaban J connectivity index is 1.68. The molecule has 0 aliphatic carbocycles. The minimum absolute atomic E-state index is 0.0947. The van der Waals surface area contributed by atoms with Crippen molar-refractivity contribution in [3.05, 3.63) is 35.4 Å². The molecule has 20 heavy (non-hydrogen) atoms. The van der Waals surface area contributed by atoms with E-state index < -0.39 is 0 Å². The lowest BCUT2D eigenvalue weighted by atomic mass is 10.0. The van der Waals surface area contributed by atoms with Gasteiger partial charge in [0.1, 0.15) is 0 Å². The summed E-state index contributed by atoms with van der Waals surface area (Å²) in [4.78, 5) is 11.8. The van der Waals surface area contributed by atoms with Crippen molar-refractivity contribution < 1.29 is 9.53 Å². The number of carbonyl (C=O) groups excluding carboxylic acids is 1. The number of rotatable bonds is 6. The number of hydrogen-bond acceptors (Lipinski definition) is 3. The monoisotopic (exact) mass is 276 g/mol. The number of carbonyl (C=O) groups is 1. The first kappa shape index (κ1) is 15.0. The van der Waals surface area contributed by atoms with Crippen LogP contribution < -0.4 is 11.1 Å². The second-order valence-electron chi connectivity index (χ2n) is 5.33. The maximum absolute atomic E-state index is 11.8. The van der Waals surface area contributed by atoms with Gasteiger partial charge in [-0.2, -0.15) is 0 Å². The summed E-state index contributed by atoms with van der Waals surface area (Å²) < 4.78 is 5.63. The Bertz CT molecular complexity index is 428. The molecule has 1 fully saturated rings. The lowest BCUT2D eigenvalue weighted by molar-refractivity contribution is -0.122. The van der Waals surface area contributed by atoms with Gasteiger partial charge in [0.25, 0.3) is 0 Å². The van der Waals surface area contributed by atoms with Crippen molar-refractivity contribution in [2.45, 2.75) is 51.3 Å². The van der Waals surface area contributed by atoms with Gasteiger partial charge in [-0.05, 0) is 36.8 Å². The molecule has 0 bridgehead atoms. The first-order chi connectivity index (χ1) is 9.78. The van der Waals surface area contributed by atoms with Crippen molar-refractivity contribution >= 4 is 5.91 Å². The van der Waals surface area contributed by atoms with E-state index in [9.17, 15) is 4.79 Å². The van der Waals surface area contributed by atoms with Crippen molar-refractivity contribution in [1.82, 2.24) is 5.32 Å². The normalized spacial score (nSPS) is 18.8. The zero-order valence-corrected chi connectivity index (χ0v) is 11.9. The van der Waals surface area contributed by atoms with Crippen molar-refractivity contribution in [2.75, 3.05) is 6.61 Å². The van der Waals surface area contributed by atoms with E-state index in [0.29, 0.717) is 19.5 Å². The predicted molar refractivity (Wildman–Crippen MR) is 79.0 cm³/mol. The number of amides is 1. The molecule has 1 amide bonds. The summed E-state index contributed by atoms with van der Waals surface area (Å²) in [7, 11) is 0. The van der Waals surface area contributed by atoms with Crippen LogP contribution in [0, 0.1) is 0 Å². The minimum atomic E-state index is 0.0947. The van der Waals surface area contributed by atoms with Crippen LogP contribution in [0.25, 0.3) is 0 Å². The van der Waals surface area contributed by atoms with E-state index in [4.69, 9.17) is 10.5 Å². The second-order valence-corrected chi connectivity index (χ2v) is 5.33. The Morgan fingerprint density at radius 3 is 2.95 bits per heavy atom. The van der Waals surface area contributed by atoms with Gasteiger partial charge in [-0.15, -0.1) is 0 Å². The fraction of sp³-hybridized carbons (Fsp3) is 0.562. The first-order valence-corrected chi connectivity index (χ1v) is 7.44. The molecule has 1 aromatic carbocycles. The van der Waals surface area contributed by atoms with Crippen LogP contribution in [0.15, 0.2) is 24.3 Å². The molecule has 110 valence electrons. The fourth-order valence-electron chi connectivity index (χ4n) is 2.48. The number of benzene rings is 1. The molecule has 4 heteroatoms. The maximum atomic E-state index is 11.8. The lowest BCUT2D eigenvalue weighted by Gasteiger charge is -2.22. The fourth-order valence-corrected chi connectivity index (χ4v) is 2.48. The topological polar surface area (TPSA) is 64.3 Å². The quantitative estimate of drug-likeness (QED) is 0.836. The molecular formula is C16H24N2O2. The molecule has 0 saturated carbocycles. The van der Waals surface area contributed by atoms with E-state index in [2.05, 4.69) is 5.32 Å². The van der Waals surface area contributed by atoms with E-state index in [1.165, 1.54) is 6.42 Å². The highest BCUT2D eigenvalue weighted by Crippen LogP contribution is 2.16. The average Bonchev–Trinajstić information content (AvgIpc) is 2.52. The van der Waals surface area contributed by atoms with Crippen molar-refractivity contribution in [3.63, 3.8) is 0 Å². The Morgan fingerprint density at radius 1 is 1.35 bits per heavy atom. The molecule has 0 spiro atoms. The van der Waals surface area contributed by atoms with Gasteiger partial charge in [-0.1, -0.05) is 24.3 Å². The van der Waals surface area contributed by atoms with Gasteiger partial charge < -0.3 is 15.8 Å². The van der Waals surface area contributed by atoms with Gasteiger partial charge in [0.05, 0.1) is 6.10 Å². The molecule has 0 radical (unpaired) electrons. The van der Waals surface area contributed by atoms with Crippen LogP contribution in [0.2, 0.25) is 0 Å². The number of nitrogens with two attached hydrogens (primary N) is 1. The van der Waals surface area contributed by atoms with Gasteiger partial charge in [0.2, 0.25) is 5.91 Å². The highest BCUT2D eigenvalue weighted by atomic mass is 16.5. The van der Waals surface area contributed by atoms with Crippen LogP contribution in [0.5, 0.6) is 0 Å².